The smallest absolute Gasteiger partial charge is 0.243 e. The van der Waals surface area contributed by atoms with Gasteiger partial charge in [-0.2, -0.15) is 4.31 Å². The number of rotatable bonds is 3. The number of piperazine rings is 1. The van der Waals surface area contributed by atoms with Gasteiger partial charge in [0.1, 0.15) is 0 Å². The molecular weight excluding hydrogens is 344 g/mol. The minimum absolute atomic E-state index is 0.0794. The summed E-state index contributed by atoms with van der Waals surface area (Å²) in [6, 6.07) is 16.0. The second kappa shape index (κ2) is 7.05. The van der Waals surface area contributed by atoms with Gasteiger partial charge in [-0.05, 0) is 41.7 Å². The molecule has 0 unspecified atom stereocenters. The Morgan fingerprint density at radius 3 is 2.08 bits per heavy atom. The van der Waals surface area contributed by atoms with E-state index in [1.165, 1.54) is 0 Å². The summed E-state index contributed by atoms with van der Waals surface area (Å²) in [4.78, 5) is 2.68. The van der Waals surface area contributed by atoms with Crippen LogP contribution in [0.4, 0.5) is 5.69 Å². The molecular formula is C21H28N2O2S. The van der Waals surface area contributed by atoms with Gasteiger partial charge in [0.25, 0.3) is 0 Å². The summed E-state index contributed by atoms with van der Waals surface area (Å²) in [6.07, 6.45) is 0. The van der Waals surface area contributed by atoms with Gasteiger partial charge in [-0.15, -0.1) is 0 Å². The van der Waals surface area contributed by atoms with E-state index < -0.39 is 10.0 Å². The normalized spacial score (nSPS) is 16.7. The highest BCUT2D eigenvalue weighted by molar-refractivity contribution is 7.89. The zero-order chi connectivity index (χ0) is 18.9. The Morgan fingerprint density at radius 1 is 0.885 bits per heavy atom. The van der Waals surface area contributed by atoms with E-state index in [-0.39, 0.29) is 5.41 Å². The molecule has 0 bridgehead atoms. The highest BCUT2D eigenvalue weighted by Gasteiger charge is 2.30. The molecule has 0 N–H and O–H groups in total. The molecule has 0 aliphatic carbocycles. The maximum atomic E-state index is 13.2. The molecule has 1 saturated heterocycles. The predicted octanol–water partition coefficient (Wildman–Crippen LogP) is 3.80. The Labute approximate surface area is 157 Å². The van der Waals surface area contributed by atoms with E-state index in [0.29, 0.717) is 31.1 Å². The molecule has 1 fully saturated rings. The van der Waals surface area contributed by atoms with Crippen molar-refractivity contribution in [2.75, 3.05) is 31.1 Å². The van der Waals surface area contributed by atoms with E-state index in [9.17, 15) is 8.42 Å². The lowest BCUT2D eigenvalue weighted by atomic mass is 9.87. The van der Waals surface area contributed by atoms with Crippen LogP contribution in [0.15, 0.2) is 53.4 Å². The van der Waals surface area contributed by atoms with Crippen LogP contribution in [0.3, 0.4) is 0 Å². The van der Waals surface area contributed by atoms with Crippen molar-refractivity contribution in [1.82, 2.24) is 4.31 Å². The number of benzene rings is 2. The average molecular weight is 373 g/mol. The van der Waals surface area contributed by atoms with E-state index in [2.05, 4.69) is 37.8 Å². The van der Waals surface area contributed by atoms with Gasteiger partial charge in [0, 0.05) is 31.9 Å². The van der Waals surface area contributed by atoms with Crippen molar-refractivity contribution in [2.45, 2.75) is 38.0 Å². The SMILES string of the molecule is Cc1ccc(C(C)(C)C)cc1S(=O)(=O)N1CCN(c2ccccc2)CC1. The summed E-state index contributed by atoms with van der Waals surface area (Å²) >= 11 is 0. The number of aryl methyl sites for hydroxylation is 1. The molecule has 0 saturated carbocycles. The van der Waals surface area contributed by atoms with Crippen molar-refractivity contribution in [3.05, 3.63) is 59.7 Å². The molecule has 2 aromatic carbocycles. The highest BCUT2D eigenvalue weighted by atomic mass is 32.2. The van der Waals surface area contributed by atoms with Crippen molar-refractivity contribution < 1.29 is 8.42 Å². The maximum absolute atomic E-state index is 13.2. The van der Waals surface area contributed by atoms with Crippen LogP contribution in [-0.4, -0.2) is 38.9 Å². The molecule has 0 atom stereocenters. The number of sulfonamides is 1. The van der Waals surface area contributed by atoms with Crippen molar-refractivity contribution in [3.63, 3.8) is 0 Å². The Kier molecular flexibility index (Phi) is 5.13. The minimum atomic E-state index is -3.47. The third-order valence-corrected chi connectivity index (χ3v) is 7.07. The Hall–Kier alpha value is -1.85. The average Bonchev–Trinajstić information content (AvgIpc) is 2.62. The third kappa shape index (κ3) is 3.79. The molecule has 26 heavy (non-hydrogen) atoms. The van der Waals surface area contributed by atoms with Gasteiger partial charge in [0.15, 0.2) is 0 Å². The third-order valence-electron chi connectivity index (χ3n) is 5.03. The molecule has 2 aromatic rings. The number of para-hydroxylation sites is 1. The number of hydrogen-bond acceptors (Lipinski definition) is 3. The van der Waals surface area contributed by atoms with Gasteiger partial charge in [0.05, 0.1) is 4.90 Å². The molecule has 3 rings (SSSR count). The summed E-state index contributed by atoms with van der Waals surface area (Å²) < 4.78 is 28.1. The molecule has 4 nitrogen and oxygen atoms in total. The highest BCUT2D eigenvalue weighted by Crippen LogP contribution is 2.29. The largest absolute Gasteiger partial charge is 0.369 e. The van der Waals surface area contributed by atoms with Crippen LogP contribution in [0.5, 0.6) is 0 Å². The first-order valence-electron chi connectivity index (χ1n) is 9.11. The fraction of sp³-hybridized carbons (Fsp3) is 0.429. The molecule has 0 radical (unpaired) electrons. The summed E-state index contributed by atoms with van der Waals surface area (Å²) in [5.74, 6) is 0. The van der Waals surface area contributed by atoms with Gasteiger partial charge in [-0.3, -0.25) is 0 Å². The Balaban J connectivity index is 1.82. The number of hydrogen-bond donors (Lipinski definition) is 0. The van der Waals surface area contributed by atoms with Gasteiger partial charge < -0.3 is 4.90 Å². The molecule has 1 aliphatic rings. The molecule has 1 aliphatic heterocycles. The lowest BCUT2D eigenvalue weighted by Gasteiger charge is -2.35. The van der Waals surface area contributed by atoms with Crippen LogP contribution in [0.25, 0.3) is 0 Å². The van der Waals surface area contributed by atoms with E-state index >= 15 is 0 Å². The molecule has 140 valence electrons. The van der Waals surface area contributed by atoms with Crippen LogP contribution in [0.1, 0.15) is 31.9 Å². The second-order valence-electron chi connectivity index (χ2n) is 7.96. The lowest BCUT2D eigenvalue weighted by Crippen LogP contribution is -2.48. The first-order valence-corrected chi connectivity index (χ1v) is 10.5. The zero-order valence-electron chi connectivity index (χ0n) is 16.1. The van der Waals surface area contributed by atoms with Crippen molar-refractivity contribution in [2.24, 2.45) is 0 Å². The first kappa shape index (κ1) is 18.9. The predicted molar refractivity (Wildman–Crippen MR) is 107 cm³/mol. The quantitative estimate of drug-likeness (QED) is 0.823. The lowest BCUT2D eigenvalue weighted by molar-refractivity contribution is 0.384. The summed E-state index contributed by atoms with van der Waals surface area (Å²) in [6.45, 7) is 10.6. The number of nitrogens with zero attached hydrogens (tertiary/aromatic N) is 2. The Morgan fingerprint density at radius 2 is 1.50 bits per heavy atom. The molecule has 0 amide bonds. The second-order valence-corrected chi connectivity index (χ2v) is 9.86. The van der Waals surface area contributed by atoms with E-state index in [4.69, 9.17) is 0 Å². The molecule has 0 aromatic heterocycles. The van der Waals surface area contributed by atoms with Crippen molar-refractivity contribution >= 4 is 15.7 Å². The van der Waals surface area contributed by atoms with E-state index in [1.54, 1.807) is 4.31 Å². The van der Waals surface area contributed by atoms with Crippen LogP contribution in [0, 0.1) is 6.92 Å². The monoisotopic (exact) mass is 372 g/mol. The van der Waals surface area contributed by atoms with Gasteiger partial charge in [-0.25, -0.2) is 8.42 Å². The van der Waals surface area contributed by atoms with Crippen LogP contribution >= 0.6 is 0 Å². The fourth-order valence-corrected chi connectivity index (χ4v) is 4.98. The molecule has 5 heteroatoms. The maximum Gasteiger partial charge on any atom is 0.243 e. The van der Waals surface area contributed by atoms with Crippen molar-refractivity contribution in [1.29, 1.82) is 0 Å². The van der Waals surface area contributed by atoms with E-state index in [1.807, 2.05) is 43.3 Å². The van der Waals surface area contributed by atoms with Crippen LogP contribution in [-0.2, 0) is 15.4 Å². The summed E-state index contributed by atoms with van der Waals surface area (Å²) in [7, 11) is -3.47. The number of anilines is 1. The standard InChI is InChI=1S/C21H28N2O2S/c1-17-10-11-18(21(2,3)4)16-20(17)26(24,25)23-14-12-22(13-15-23)19-8-6-5-7-9-19/h5-11,16H,12-15H2,1-4H3. The molecule has 0 spiro atoms. The van der Waals surface area contributed by atoms with Crippen LogP contribution < -0.4 is 4.90 Å². The van der Waals surface area contributed by atoms with E-state index in [0.717, 1.165) is 16.8 Å². The summed E-state index contributed by atoms with van der Waals surface area (Å²) in [5, 5.41) is 0. The van der Waals surface area contributed by atoms with Gasteiger partial charge in [-0.1, -0.05) is 51.1 Å². The summed E-state index contributed by atoms with van der Waals surface area (Å²) in [5.41, 5.74) is 2.92. The van der Waals surface area contributed by atoms with Crippen molar-refractivity contribution in [3.8, 4) is 0 Å². The fourth-order valence-electron chi connectivity index (χ4n) is 3.31. The zero-order valence-corrected chi connectivity index (χ0v) is 16.9. The minimum Gasteiger partial charge on any atom is -0.369 e. The Bertz CT molecular complexity index is 863. The topological polar surface area (TPSA) is 40.6 Å². The van der Waals surface area contributed by atoms with Gasteiger partial charge in [0.2, 0.25) is 10.0 Å². The first-order chi connectivity index (χ1) is 12.2. The van der Waals surface area contributed by atoms with Gasteiger partial charge >= 0.3 is 0 Å². The van der Waals surface area contributed by atoms with Crippen LogP contribution in [0.2, 0.25) is 0 Å². The molecule has 1 heterocycles.